The van der Waals surface area contributed by atoms with E-state index in [0.29, 0.717) is 5.56 Å². The Labute approximate surface area is 104 Å². The summed E-state index contributed by atoms with van der Waals surface area (Å²) in [4.78, 5) is 12.5. The molecule has 0 fully saturated rings. The minimum atomic E-state index is -0.399. The van der Waals surface area contributed by atoms with Crippen molar-refractivity contribution in [2.75, 3.05) is 11.9 Å². The summed E-state index contributed by atoms with van der Waals surface area (Å²) < 4.78 is 0. The van der Waals surface area contributed by atoms with Gasteiger partial charge in [-0.2, -0.15) is 0 Å². The molecule has 1 aromatic carbocycles. The molecule has 0 saturated heterocycles. The molecule has 2 aromatic rings. The Balaban J connectivity index is 1.97. The normalized spacial score (nSPS) is 10.1. The van der Waals surface area contributed by atoms with Crippen molar-refractivity contribution in [3.8, 4) is 0 Å². The molecule has 0 bridgehead atoms. The van der Waals surface area contributed by atoms with E-state index in [-0.39, 0.29) is 0 Å². The van der Waals surface area contributed by atoms with E-state index in [1.54, 1.807) is 17.4 Å². The van der Waals surface area contributed by atoms with Crippen LogP contribution in [0.4, 0.5) is 5.69 Å². The van der Waals surface area contributed by atoms with Crippen molar-refractivity contribution in [3.05, 3.63) is 52.2 Å². The third-order valence-electron chi connectivity index (χ3n) is 2.46. The highest BCUT2D eigenvalue weighted by Crippen LogP contribution is 2.15. The van der Waals surface area contributed by atoms with Crippen LogP contribution in [0.5, 0.6) is 0 Å². The molecule has 1 heterocycles. The van der Waals surface area contributed by atoms with Crippen molar-refractivity contribution >= 4 is 22.9 Å². The Bertz CT molecular complexity index is 494. The number of hydrogen-bond acceptors (Lipinski definition) is 3. The number of carbonyl (C=O) groups excluding carboxylic acids is 1. The number of primary amides is 1. The Morgan fingerprint density at radius 2 is 2.06 bits per heavy atom. The van der Waals surface area contributed by atoms with Gasteiger partial charge in [-0.1, -0.05) is 18.2 Å². The maximum Gasteiger partial charge on any atom is 0.250 e. The number of carbonyl (C=O) groups is 1. The molecule has 1 amide bonds. The number of benzene rings is 1. The van der Waals surface area contributed by atoms with Gasteiger partial charge in [0.2, 0.25) is 0 Å². The monoisotopic (exact) mass is 246 g/mol. The van der Waals surface area contributed by atoms with Gasteiger partial charge in [-0.15, -0.1) is 11.3 Å². The van der Waals surface area contributed by atoms with Crippen LogP contribution in [0.3, 0.4) is 0 Å². The lowest BCUT2D eigenvalue weighted by Crippen LogP contribution is -2.15. The van der Waals surface area contributed by atoms with Gasteiger partial charge in [-0.05, 0) is 30.0 Å². The van der Waals surface area contributed by atoms with Crippen LogP contribution >= 0.6 is 11.3 Å². The maximum absolute atomic E-state index is 11.2. The standard InChI is InChI=1S/C13H14N2OS/c14-13(16)11-5-1-2-6-12(11)15-8-7-10-4-3-9-17-10/h1-6,9,15H,7-8H2,(H2,14,16). The predicted molar refractivity (Wildman–Crippen MR) is 71.5 cm³/mol. The minimum Gasteiger partial charge on any atom is -0.384 e. The topological polar surface area (TPSA) is 55.1 Å². The van der Waals surface area contributed by atoms with Crippen LogP contribution in [0.1, 0.15) is 15.2 Å². The van der Waals surface area contributed by atoms with E-state index in [1.807, 2.05) is 24.3 Å². The van der Waals surface area contributed by atoms with E-state index < -0.39 is 5.91 Å². The van der Waals surface area contributed by atoms with E-state index >= 15 is 0 Å². The van der Waals surface area contributed by atoms with Gasteiger partial charge >= 0.3 is 0 Å². The molecule has 0 aliphatic carbocycles. The molecule has 0 atom stereocenters. The fourth-order valence-corrected chi connectivity index (χ4v) is 2.34. The zero-order valence-corrected chi connectivity index (χ0v) is 10.2. The highest BCUT2D eigenvalue weighted by molar-refractivity contribution is 7.09. The van der Waals surface area contributed by atoms with Crippen molar-refractivity contribution in [2.45, 2.75) is 6.42 Å². The first-order valence-corrected chi connectivity index (χ1v) is 6.30. The molecule has 1 aromatic heterocycles. The van der Waals surface area contributed by atoms with Crippen LogP contribution in [0.2, 0.25) is 0 Å². The molecule has 0 spiro atoms. The molecule has 0 aliphatic rings. The minimum absolute atomic E-state index is 0.399. The van der Waals surface area contributed by atoms with Crippen LogP contribution in [-0.2, 0) is 6.42 Å². The second-order valence-electron chi connectivity index (χ2n) is 3.67. The van der Waals surface area contributed by atoms with Gasteiger partial charge in [0.1, 0.15) is 0 Å². The average Bonchev–Trinajstić information content (AvgIpc) is 2.82. The van der Waals surface area contributed by atoms with E-state index in [0.717, 1.165) is 18.7 Å². The molecule has 0 unspecified atom stereocenters. The molecule has 4 heteroatoms. The van der Waals surface area contributed by atoms with E-state index in [1.165, 1.54) is 4.88 Å². The van der Waals surface area contributed by atoms with Gasteiger partial charge < -0.3 is 11.1 Å². The lowest BCUT2D eigenvalue weighted by atomic mass is 10.1. The van der Waals surface area contributed by atoms with Crippen LogP contribution in [-0.4, -0.2) is 12.5 Å². The van der Waals surface area contributed by atoms with Crippen molar-refractivity contribution in [3.63, 3.8) is 0 Å². The van der Waals surface area contributed by atoms with Gasteiger partial charge in [-0.25, -0.2) is 0 Å². The maximum atomic E-state index is 11.2. The lowest BCUT2D eigenvalue weighted by Gasteiger charge is -2.08. The molecule has 3 nitrogen and oxygen atoms in total. The van der Waals surface area contributed by atoms with Crippen LogP contribution in [0.25, 0.3) is 0 Å². The summed E-state index contributed by atoms with van der Waals surface area (Å²) in [5.41, 5.74) is 6.65. The van der Waals surface area contributed by atoms with E-state index in [4.69, 9.17) is 5.73 Å². The van der Waals surface area contributed by atoms with E-state index in [9.17, 15) is 4.79 Å². The first-order chi connectivity index (χ1) is 8.27. The van der Waals surface area contributed by atoms with Gasteiger partial charge in [0.05, 0.1) is 5.56 Å². The molecule has 88 valence electrons. The van der Waals surface area contributed by atoms with Crippen molar-refractivity contribution < 1.29 is 4.79 Å². The summed E-state index contributed by atoms with van der Waals surface area (Å²) in [5, 5.41) is 5.30. The number of para-hydroxylation sites is 1. The molecule has 0 radical (unpaired) electrons. The summed E-state index contributed by atoms with van der Waals surface area (Å²) >= 11 is 1.74. The number of anilines is 1. The number of hydrogen-bond donors (Lipinski definition) is 2. The predicted octanol–water partition coefficient (Wildman–Crippen LogP) is 2.50. The third kappa shape index (κ3) is 3.07. The smallest absolute Gasteiger partial charge is 0.250 e. The Kier molecular flexibility index (Phi) is 3.77. The van der Waals surface area contributed by atoms with Crippen molar-refractivity contribution in [2.24, 2.45) is 5.73 Å². The number of thiophene rings is 1. The third-order valence-corrected chi connectivity index (χ3v) is 3.40. The summed E-state index contributed by atoms with van der Waals surface area (Å²) in [7, 11) is 0. The number of rotatable bonds is 5. The molecule has 0 aliphatic heterocycles. The molecule has 0 saturated carbocycles. The van der Waals surface area contributed by atoms with E-state index in [2.05, 4.69) is 16.8 Å². The van der Waals surface area contributed by atoms with Crippen molar-refractivity contribution in [1.82, 2.24) is 0 Å². The Hall–Kier alpha value is -1.81. The first-order valence-electron chi connectivity index (χ1n) is 5.42. The van der Waals surface area contributed by atoms with Crippen LogP contribution < -0.4 is 11.1 Å². The fourth-order valence-electron chi connectivity index (χ4n) is 1.63. The Morgan fingerprint density at radius 1 is 1.24 bits per heavy atom. The van der Waals surface area contributed by atoms with Crippen LogP contribution in [0, 0.1) is 0 Å². The highest BCUT2D eigenvalue weighted by Gasteiger charge is 2.05. The SMILES string of the molecule is NC(=O)c1ccccc1NCCc1cccs1. The van der Waals surface area contributed by atoms with Gasteiger partial charge in [-0.3, -0.25) is 4.79 Å². The number of amides is 1. The second-order valence-corrected chi connectivity index (χ2v) is 4.70. The number of nitrogens with two attached hydrogens (primary N) is 1. The Morgan fingerprint density at radius 3 is 2.76 bits per heavy atom. The summed E-state index contributed by atoms with van der Waals surface area (Å²) in [6.45, 7) is 0.796. The quantitative estimate of drug-likeness (QED) is 0.851. The number of nitrogens with one attached hydrogen (secondary N) is 1. The molecule has 3 N–H and O–H groups in total. The molecule has 2 rings (SSSR count). The zero-order chi connectivity index (χ0) is 12.1. The fraction of sp³-hybridized carbons (Fsp3) is 0.154. The summed E-state index contributed by atoms with van der Waals surface area (Å²) in [5.74, 6) is -0.399. The largest absolute Gasteiger partial charge is 0.384 e. The summed E-state index contributed by atoms with van der Waals surface area (Å²) in [6, 6.07) is 11.4. The van der Waals surface area contributed by atoms with Gasteiger partial charge in [0.15, 0.2) is 0 Å². The summed E-state index contributed by atoms with van der Waals surface area (Å²) in [6.07, 6.45) is 0.949. The second kappa shape index (κ2) is 5.50. The molecule has 17 heavy (non-hydrogen) atoms. The first kappa shape index (κ1) is 11.7. The average molecular weight is 246 g/mol. The molecular weight excluding hydrogens is 232 g/mol. The molecular formula is C13H14N2OS. The van der Waals surface area contributed by atoms with Gasteiger partial charge in [0, 0.05) is 17.1 Å². The highest BCUT2D eigenvalue weighted by atomic mass is 32.1. The van der Waals surface area contributed by atoms with Crippen LogP contribution in [0.15, 0.2) is 41.8 Å². The lowest BCUT2D eigenvalue weighted by molar-refractivity contribution is 0.100. The zero-order valence-electron chi connectivity index (χ0n) is 9.35. The van der Waals surface area contributed by atoms with Gasteiger partial charge in [0.25, 0.3) is 5.91 Å². The van der Waals surface area contributed by atoms with Crippen molar-refractivity contribution in [1.29, 1.82) is 0 Å².